The van der Waals surface area contributed by atoms with Crippen LogP contribution in [0.15, 0.2) is 24.3 Å². The maximum Gasteiger partial charge on any atom is 0.244 e. The Morgan fingerprint density at radius 3 is 2.11 bits per heavy atom. The molecule has 1 aliphatic carbocycles. The predicted octanol–water partition coefficient (Wildman–Crippen LogP) is 1.46. The van der Waals surface area contributed by atoms with Crippen LogP contribution in [-0.2, 0) is 9.59 Å². The van der Waals surface area contributed by atoms with Gasteiger partial charge in [-0.25, -0.2) is 0 Å². The van der Waals surface area contributed by atoms with E-state index in [0.29, 0.717) is 17.8 Å². The maximum absolute atomic E-state index is 11.7. The van der Waals surface area contributed by atoms with E-state index in [0.717, 1.165) is 12.8 Å². The standard InChI is InChI=1S/C13H17N3O2/c1-2-11(17)15-9-3-5-10(6-4-9)16-12(18)13(14)7-8-13/h3-6H,2,7-8,14H2,1H3,(H,15,17)(H,16,18). The highest BCUT2D eigenvalue weighted by Gasteiger charge is 2.45. The number of hydrogen-bond acceptors (Lipinski definition) is 3. The third kappa shape index (κ3) is 2.87. The quantitative estimate of drug-likeness (QED) is 0.753. The summed E-state index contributed by atoms with van der Waals surface area (Å²) in [5.41, 5.74) is 6.51. The molecule has 0 radical (unpaired) electrons. The van der Waals surface area contributed by atoms with Gasteiger partial charge in [0.1, 0.15) is 0 Å². The minimum Gasteiger partial charge on any atom is -0.326 e. The molecule has 2 rings (SSSR count). The number of benzene rings is 1. The van der Waals surface area contributed by atoms with Gasteiger partial charge in [-0.15, -0.1) is 0 Å². The molecule has 0 unspecified atom stereocenters. The molecule has 0 aromatic heterocycles. The monoisotopic (exact) mass is 247 g/mol. The lowest BCUT2D eigenvalue weighted by Crippen LogP contribution is -2.37. The highest BCUT2D eigenvalue weighted by atomic mass is 16.2. The van der Waals surface area contributed by atoms with Gasteiger partial charge in [0.05, 0.1) is 5.54 Å². The van der Waals surface area contributed by atoms with Gasteiger partial charge in [-0.3, -0.25) is 9.59 Å². The molecule has 1 aliphatic rings. The average molecular weight is 247 g/mol. The summed E-state index contributed by atoms with van der Waals surface area (Å²) in [6.45, 7) is 1.79. The molecule has 0 atom stereocenters. The Kier molecular flexibility index (Phi) is 3.34. The summed E-state index contributed by atoms with van der Waals surface area (Å²) in [7, 11) is 0. The molecule has 1 saturated carbocycles. The number of rotatable bonds is 4. The van der Waals surface area contributed by atoms with Gasteiger partial charge in [0.2, 0.25) is 11.8 Å². The summed E-state index contributed by atoms with van der Waals surface area (Å²) < 4.78 is 0. The highest BCUT2D eigenvalue weighted by molar-refractivity contribution is 6.00. The molecular weight excluding hydrogens is 230 g/mol. The average Bonchev–Trinajstić information content (AvgIpc) is 3.11. The fourth-order valence-corrected chi connectivity index (χ4v) is 1.50. The van der Waals surface area contributed by atoms with E-state index in [9.17, 15) is 9.59 Å². The lowest BCUT2D eigenvalue weighted by molar-refractivity contribution is -0.118. The fraction of sp³-hybridized carbons (Fsp3) is 0.385. The van der Waals surface area contributed by atoms with Crippen LogP contribution >= 0.6 is 0 Å². The number of nitrogens with two attached hydrogens (primary N) is 1. The first-order valence-corrected chi connectivity index (χ1v) is 6.04. The molecular formula is C13H17N3O2. The van der Waals surface area contributed by atoms with Crippen molar-refractivity contribution in [3.63, 3.8) is 0 Å². The number of nitrogens with one attached hydrogen (secondary N) is 2. The molecule has 5 heteroatoms. The van der Waals surface area contributed by atoms with E-state index in [1.807, 2.05) is 0 Å². The first-order chi connectivity index (χ1) is 8.53. The zero-order valence-corrected chi connectivity index (χ0v) is 10.3. The smallest absolute Gasteiger partial charge is 0.244 e. The second kappa shape index (κ2) is 4.78. The molecule has 0 bridgehead atoms. The number of amides is 2. The molecule has 96 valence electrons. The van der Waals surface area contributed by atoms with Crippen LogP contribution in [0, 0.1) is 0 Å². The Hall–Kier alpha value is -1.88. The molecule has 18 heavy (non-hydrogen) atoms. The van der Waals surface area contributed by atoms with Gasteiger partial charge in [0, 0.05) is 17.8 Å². The van der Waals surface area contributed by atoms with Gasteiger partial charge < -0.3 is 16.4 Å². The van der Waals surface area contributed by atoms with Crippen molar-refractivity contribution in [1.29, 1.82) is 0 Å². The highest BCUT2D eigenvalue weighted by Crippen LogP contribution is 2.33. The predicted molar refractivity (Wildman–Crippen MR) is 70.1 cm³/mol. The van der Waals surface area contributed by atoms with Crippen LogP contribution in [0.2, 0.25) is 0 Å². The molecule has 1 aromatic rings. The molecule has 4 N–H and O–H groups in total. The zero-order chi connectivity index (χ0) is 13.2. The summed E-state index contributed by atoms with van der Waals surface area (Å²) in [5, 5.41) is 5.50. The Bertz CT molecular complexity index is 464. The first kappa shape index (κ1) is 12.6. The summed E-state index contributed by atoms with van der Waals surface area (Å²) >= 11 is 0. The zero-order valence-electron chi connectivity index (χ0n) is 10.3. The molecule has 0 saturated heterocycles. The summed E-state index contributed by atoms with van der Waals surface area (Å²) in [4.78, 5) is 22.9. The van der Waals surface area contributed by atoms with E-state index in [1.54, 1.807) is 31.2 Å². The van der Waals surface area contributed by atoms with E-state index in [1.165, 1.54) is 0 Å². The van der Waals surface area contributed by atoms with Crippen LogP contribution in [0.4, 0.5) is 11.4 Å². The van der Waals surface area contributed by atoms with Gasteiger partial charge in [-0.1, -0.05) is 6.92 Å². The molecule has 1 fully saturated rings. The number of carbonyl (C=O) groups excluding carboxylic acids is 2. The maximum atomic E-state index is 11.7. The van der Waals surface area contributed by atoms with Crippen LogP contribution in [0.3, 0.4) is 0 Å². The summed E-state index contributed by atoms with van der Waals surface area (Å²) in [6, 6.07) is 6.99. The van der Waals surface area contributed by atoms with Crippen molar-refractivity contribution < 1.29 is 9.59 Å². The van der Waals surface area contributed by atoms with Crippen LogP contribution in [-0.4, -0.2) is 17.4 Å². The van der Waals surface area contributed by atoms with Gasteiger partial charge in [-0.05, 0) is 37.1 Å². The lowest BCUT2D eigenvalue weighted by atomic mass is 10.2. The lowest BCUT2D eigenvalue weighted by Gasteiger charge is -2.10. The first-order valence-electron chi connectivity index (χ1n) is 6.04. The molecule has 5 nitrogen and oxygen atoms in total. The second-order valence-corrected chi connectivity index (χ2v) is 4.59. The minimum atomic E-state index is -0.672. The van der Waals surface area contributed by atoms with Crippen molar-refractivity contribution in [2.24, 2.45) is 5.73 Å². The van der Waals surface area contributed by atoms with Gasteiger partial charge in [0.25, 0.3) is 0 Å². The third-order valence-electron chi connectivity index (χ3n) is 2.99. The minimum absolute atomic E-state index is 0.0364. The third-order valence-corrected chi connectivity index (χ3v) is 2.99. The van der Waals surface area contributed by atoms with Gasteiger partial charge >= 0.3 is 0 Å². The van der Waals surface area contributed by atoms with E-state index < -0.39 is 5.54 Å². The van der Waals surface area contributed by atoms with E-state index in [-0.39, 0.29) is 11.8 Å². The van der Waals surface area contributed by atoms with Crippen LogP contribution < -0.4 is 16.4 Å². The van der Waals surface area contributed by atoms with Gasteiger partial charge in [0.15, 0.2) is 0 Å². The molecule has 1 aromatic carbocycles. The normalized spacial score (nSPS) is 15.9. The van der Waals surface area contributed by atoms with Crippen LogP contribution in [0.25, 0.3) is 0 Å². The van der Waals surface area contributed by atoms with Crippen molar-refractivity contribution in [3.05, 3.63) is 24.3 Å². The Balaban J connectivity index is 1.95. The van der Waals surface area contributed by atoms with Crippen molar-refractivity contribution in [2.45, 2.75) is 31.7 Å². The number of carbonyl (C=O) groups is 2. The van der Waals surface area contributed by atoms with E-state index in [4.69, 9.17) is 5.73 Å². The second-order valence-electron chi connectivity index (χ2n) is 4.59. The Labute approximate surface area is 106 Å². The topological polar surface area (TPSA) is 84.2 Å². The van der Waals surface area contributed by atoms with Crippen molar-refractivity contribution in [3.8, 4) is 0 Å². The fourth-order valence-electron chi connectivity index (χ4n) is 1.50. The largest absolute Gasteiger partial charge is 0.326 e. The molecule has 2 amide bonds. The van der Waals surface area contributed by atoms with Crippen LogP contribution in [0.1, 0.15) is 26.2 Å². The van der Waals surface area contributed by atoms with Gasteiger partial charge in [-0.2, -0.15) is 0 Å². The number of anilines is 2. The van der Waals surface area contributed by atoms with E-state index >= 15 is 0 Å². The molecule has 0 spiro atoms. The Morgan fingerprint density at radius 2 is 1.67 bits per heavy atom. The number of hydrogen-bond donors (Lipinski definition) is 3. The van der Waals surface area contributed by atoms with Crippen molar-refractivity contribution >= 4 is 23.2 Å². The summed E-state index contributed by atoms with van der Waals surface area (Å²) in [5.74, 6) is -0.182. The molecule has 0 aliphatic heterocycles. The van der Waals surface area contributed by atoms with Crippen LogP contribution in [0.5, 0.6) is 0 Å². The van der Waals surface area contributed by atoms with Crippen molar-refractivity contribution in [1.82, 2.24) is 0 Å². The SMILES string of the molecule is CCC(=O)Nc1ccc(NC(=O)C2(N)CC2)cc1. The molecule has 0 heterocycles. The summed E-state index contributed by atoms with van der Waals surface area (Å²) in [6.07, 6.45) is 1.92. The Morgan fingerprint density at radius 1 is 1.17 bits per heavy atom. The van der Waals surface area contributed by atoms with Crippen molar-refractivity contribution in [2.75, 3.05) is 10.6 Å². The van der Waals surface area contributed by atoms with E-state index in [2.05, 4.69) is 10.6 Å².